The van der Waals surface area contributed by atoms with Gasteiger partial charge in [0.1, 0.15) is 0 Å². The van der Waals surface area contributed by atoms with Crippen LogP contribution < -0.4 is 29.4 Å². The van der Waals surface area contributed by atoms with Crippen molar-refractivity contribution in [2.45, 2.75) is 39.2 Å². The molecule has 22 aromatic carbocycles. The van der Waals surface area contributed by atoms with Gasteiger partial charge in [-0.25, -0.2) is 0 Å². The topological polar surface area (TPSA) is 19.4 Å². The van der Waals surface area contributed by atoms with Gasteiger partial charge < -0.3 is 29.4 Å². The lowest BCUT2D eigenvalue weighted by molar-refractivity contribution is 1.17. The summed E-state index contributed by atoms with van der Waals surface area (Å²) in [5.74, 6) is 0. The molecular formula is C130H88N6S4. The van der Waals surface area contributed by atoms with E-state index in [-0.39, 0.29) is 0 Å². The molecule has 4 aliphatic heterocycles. The number of para-hydroxylation sites is 8. The summed E-state index contributed by atoms with van der Waals surface area (Å²) in [5, 5.41) is 2.43. The molecule has 0 spiro atoms. The maximum absolute atomic E-state index is 2.38. The van der Waals surface area contributed by atoms with Crippen molar-refractivity contribution in [3.8, 4) is 77.9 Å². The van der Waals surface area contributed by atoms with Crippen LogP contribution in [0.2, 0.25) is 0 Å². The second-order valence-electron chi connectivity index (χ2n) is 35.1. The Morgan fingerprint density at radius 3 is 0.500 bits per heavy atom. The first-order valence-corrected chi connectivity index (χ1v) is 50.6. The summed E-state index contributed by atoms with van der Waals surface area (Å²) >= 11 is 7.34. The van der Waals surface area contributed by atoms with Gasteiger partial charge in [0.25, 0.3) is 0 Å². The Labute approximate surface area is 833 Å². The van der Waals surface area contributed by atoms with Gasteiger partial charge in [0.2, 0.25) is 0 Å². The van der Waals surface area contributed by atoms with Crippen molar-refractivity contribution in [1.29, 1.82) is 0 Å². The number of fused-ring (bicyclic) bond motifs is 9. The summed E-state index contributed by atoms with van der Waals surface area (Å²) in [6, 6.07) is 194. The van der Waals surface area contributed by atoms with E-state index in [0.717, 1.165) is 56.9 Å². The summed E-state index contributed by atoms with van der Waals surface area (Å²) in [7, 11) is 0. The fourth-order valence-corrected chi connectivity index (χ4v) is 23.9. The van der Waals surface area contributed by atoms with Gasteiger partial charge in [0, 0.05) is 96.0 Å². The Morgan fingerprint density at radius 2 is 0.279 bits per heavy atom. The van der Waals surface area contributed by atoms with Gasteiger partial charge >= 0.3 is 0 Å². The van der Waals surface area contributed by atoms with Crippen LogP contribution in [0.25, 0.3) is 88.7 Å². The molecule has 0 radical (unpaired) electrons. The molecule has 0 aliphatic carbocycles. The summed E-state index contributed by atoms with van der Waals surface area (Å²) < 4.78 is 0. The van der Waals surface area contributed by atoms with E-state index in [1.54, 1.807) is 0 Å². The third-order valence-electron chi connectivity index (χ3n) is 26.7. The minimum absolute atomic E-state index is 1.09. The van der Waals surface area contributed by atoms with Crippen LogP contribution in [0.3, 0.4) is 0 Å². The first kappa shape index (κ1) is 85.0. The maximum atomic E-state index is 2.38. The predicted octanol–water partition coefficient (Wildman–Crippen LogP) is 38.9. The Balaban J connectivity index is 0.000000149. The largest absolute Gasteiger partial charge is 0.311 e. The van der Waals surface area contributed by atoms with E-state index in [1.807, 2.05) is 47.0 Å². The molecule has 6 nitrogen and oxygen atoms in total. The molecule has 22 aromatic rings. The van der Waals surface area contributed by atoms with Gasteiger partial charge in [0.05, 0.1) is 45.5 Å². The highest BCUT2D eigenvalue weighted by molar-refractivity contribution is 8.00. The molecule has 662 valence electrons. The second kappa shape index (κ2) is 37.4. The molecule has 140 heavy (non-hydrogen) atoms. The predicted molar refractivity (Wildman–Crippen MR) is 593 cm³/mol. The number of benzene rings is 22. The summed E-state index contributed by atoms with van der Waals surface area (Å²) in [4.78, 5) is 24.3. The highest BCUT2D eigenvalue weighted by Gasteiger charge is 2.31. The van der Waals surface area contributed by atoms with Crippen LogP contribution in [-0.2, 0) is 0 Å². The minimum Gasteiger partial charge on any atom is -0.311 e. The van der Waals surface area contributed by atoms with Gasteiger partial charge in [0.15, 0.2) is 0 Å². The summed E-state index contributed by atoms with van der Waals surface area (Å²) in [6.07, 6.45) is 0. The lowest BCUT2D eigenvalue weighted by atomic mass is 9.99. The normalized spacial score (nSPS) is 12.4. The van der Waals surface area contributed by atoms with Gasteiger partial charge in [-0.15, -0.1) is 0 Å². The van der Waals surface area contributed by atoms with E-state index < -0.39 is 0 Å². The second-order valence-corrected chi connectivity index (χ2v) is 39.5. The van der Waals surface area contributed by atoms with Crippen LogP contribution in [0.15, 0.2) is 573 Å². The molecule has 4 aliphatic rings. The lowest BCUT2D eigenvalue weighted by Gasteiger charge is -2.32. The van der Waals surface area contributed by atoms with Crippen LogP contribution in [0.1, 0.15) is 0 Å². The van der Waals surface area contributed by atoms with Crippen LogP contribution in [-0.4, -0.2) is 0 Å². The molecule has 0 aromatic heterocycles. The van der Waals surface area contributed by atoms with Crippen LogP contribution >= 0.6 is 47.0 Å². The maximum Gasteiger partial charge on any atom is 0.0601 e. The van der Waals surface area contributed by atoms with E-state index in [2.05, 4.69) is 563 Å². The van der Waals surface area contributed by atoms with Crippen molar-refractivity contribution in [1.82, 2.24) is 0 Å². The molecule has 0 saturated heterocycles. The standard InChI is InChI=1S/C70H47N3S2.C60H41N3S2/c1-2-12-57-47-62(46-37-48(57)11-1)71(58-38-29-53(30-39-58)49-21-25-51(26-22-49)55-33-42-60(43-34-55)72-63-13-3-7-17-67(63)74-68-18-8-4-14-64(68)72)59-40-31-54(32-41-59)50-23-27-52(28-24-50)56-35-44-61(45-36-56)73-65-15-5-9-19-69(65)75-70-20-10-6-16-66(70)73;1-2-12-42(13-3-1)43-22-32-48(33-23-43)61(49-34-24-44(25-35-49)46-28-38-51(39-29-46)62-53-14-4-8-18-57(53)64-58-19-9-5-15-54(58)62)50-36-26-45(27-37-50)47-30-40-52(41-31-47)63-55-16-6-10-20-59(55)65-60-21-11-7-17-56(60)63/h1-47H;1-41H. The van der Waals surface area contributed by atoms with Crippen molar-refractivity contribution < 1.29 is 0 Å². The van der Waals surface area contributed by atoms with Crippen LogP contribution in [0, 0.1) is 0 Å². The molecular weight excluding hydrogens is 1770 g/mol. The Hall–Kier alpha value is -16.7. The molecule has 0 saturated carbocycles. The molecule has 0 amide bonds. The minimum atomic E-state index is 1.09. The van der Waals surface area contributed by atoms with Crippen molar-refractivity contribution in [2.24, 2.45) is 0 Å². The third kappa shape index (κ3) is 16.6. The monoisotopic (exact) mass is 1860 g/mol. The van der Waals surface area contributed by atoms with Crippen molar-refractivity contribution >= 4 is 160 Å². The van der Waals surface area contributed by atoms with Gasteiger partial charge in [-0.1, -0.05) is 362 Å². The average molecular weight is 1860 g/mol. The third-order valence-corrected chi connectivity index (χ3v) is 31.2. The zero-order valence-corrected chi connectivity index (χ0v) is 79.4. The Morgan fingerprint density at radius 1 is 0.121 bits per heavy atom. The average Bonchev–Trinajstić information content (AvgIpc) is 0.767. The molecule has 4 heterocycles. The molecule has 0 unspecified atom stereocenters. The fourth-order valence-electron chi connectivity index (χ4n) is 19.7. The molecule has 0 N–H and O–H groups in total. The highest BCUT2D eigenvalue weighted by Crippen LogP contribution is 2.57. The van der Waals surface area contributed by atoms with E-state index in [4.69, 9.17) is 0 Å². The fraction of sp³-hybridized carbons (Fsp3) is 0. The first-order chi connectivity index (χ1) is 69.4. The molecule has 0 bridgehead atoms. The van der Waals surface area contributed by atoms with Crippen molar-refractivity contribution in [2.75, 3.05) is 29.4 Å². The zero-order valence-electron chi connectivity index (χ0n) is 76.1. The number of hydrogen-bond donors (Lipinski definition) is 0. The van der Waals surface area contributed by atoms with Gasteiger partial charge in [-0.05, 0) is 307 Å². The first-order valence-electron chi connectivity index (χ1n) is 47.3. The lowest BCUT2D eigenvalue weighted by Crippen LogP contribution is -2.14. The quantitative estimate of drug-likeness (QED) is 0.0874. The van der Waals surface area contributed by atoms with Crippen LogP contribution in [0.4, 0.5) is 102 Å². The van der Waals surface area contributed by atoms with E-state index >= 15 is 0 Å². The molecule has 0 fully saturated rings. The molecule has 26 rings (SSSR count). The summed E-state index contributed by atoms with van der Waals surface area (Å²) in [6.45, 7) is 0. The number of hydrogen-bond acceptors (Lipinski definition) is 10. The zero-order chi connectivity index (χ0) is 92.8. The number of rotatable bonds is 17. The Bertz CT molecular complexity index is 7720. The van der Waals surface area contributed by atoms with E-state index in [1.165, 1.54) is 173 Å². The van der Waals surface area contributed by atoms with Gasteiger partial charge in [-0.2, -0.15) is 0 Å². The van der Waals surface area contributed by atoms with Crippen molar-refractivity contribution in [3.63, 3.8) is 0 Å². The smallest absolute Gasteiger partial charge is 0.0601 e. The van der Waals surface area contributed by atoms with Gasteiger partial charge in [-0.3, -0.25) is 0 Å². The SMILES string of the molecule is c1ccc(-c2ccc(N(c3ccc(-c4ccc(N5c6ccccc6Sc6ccccc65)cc4)cc3)c3ccc(-c4ccc(N5c6ccccc6Sc6ccccc65)cc4)cc3)cc2)cc1.c1ccc2c(c1)Sc1ccccc1N2c1ccc(-c2ccc(-c3ccc(N(c4ccc(-c5ccc(-c6ccc(N7c8ccccc8Sc8ccccc87)cc6)cc5)cc4)c4ccc5ccccc5c4)cc3)cc2)cc1. The van der Waals surface area contributed by atoms with Crippen molar-refractivity contribution in [3.05, 3.63) is 534 Å². The van der Waals surface area contributed by atoms with E-state index in [9.17, 15) is 0 Å². The van der Waals surface area contributed by atoms with E-state index in [0.29, 0.717) is 0 Å². The number of nitrogens with zero attached hydrogens (tertiary/aromatic N) is 6. The molecule has 0 atom stereocenters. The summed E-state index contributed by atoms with van der Waals surface area (Å²) in [5.41, 5.74) is 37.4. The molecule has 10 heteroatoms. The number of anilines is 18. The Kier molecular flexibility index (Phi) is 22.7. The van der Waals surface area contributed by atoms with Crippen LogP contribution in [0.5, 0.6) is 0 Å². The highest BCUT2D eigenvalue weighted by atomic mass is 32.2.